The minimum absolute atomic E-state index is 0. The second-order valence-electron chi connectivity index (χ2n) is 4.97. The molecule has 24 heavy (non-hydrogen) atoms. The molecule has 0 aliphatic rings. The van der Waals surface area contributed by atoms with Crippen LogP contribution in [-0.4, -0.2) is 19.9 Å². The second kappa shape index (κ2) is 6.55. The number of benzene rings is 2. The Morgan fingerprint density at radius 3 is 2.33 bits per heavy atom. The van der Waals surface area contributed by atoms with Gasteiger partial charge in [0, 0.05) is 5.56 Å². The summed E-state index contributed by atoms with van der Waals surface area (Å²) in [5.74, 6) is 2.05. The van der Waals surface area contributed by atoms with Crippen LogP contribution in [0.15, 0.2) is 65.6 Å². The van der Waals surface area contributed by atoms with Crippen molar-refractivity contribution in [3.63, 3.8) is 0 Å². The third kappa shape index (κ3) is 3.13. The van der Waals surface area contributed by atoms with Crippen molar-refractivity contribution in [2.45, 2.75) is 0 Å². The molecule has 0 radical (unpaired) electrons. The molecule has 2 aromatic heterocycles. The van der Waals surface area contributed by atoms with E-state index in [0.29, 0.717) is 17.0 Å². The molecule has 0 saturated carbocycles. The van der Waals surface area contributed by atoms with E-state index in [1.165, 1.54) is 0 Å². The fourth-order valence-electron chi connectivity index (χ4n) is 2.27. The standard InChI is InChI=1S/C17H12N4O2.ClH/c22-17-19-14-10-18-15(20-16(14)21-17)11-6-8-13(9-7-11)23-12-4-2-1-3-5-12;/h1-10H,(H2,18,19,20,21,22);1H. The van der Waals surface area contributed by atoms with Crippen LogP contribution in [0.5, 0.6) is 11.5 Å². The van der Waals surface area contributed by atoms with E-state index in [9.17, 15) is 4.79 Å². The lowest BCUT2D eigenvalue weighted by Crippen LogP contribution is -1.99. The quantitative estimate of drug-likeness (QED) is 0.597. The van der Waals surface area contributed by atoms with Crippen LogP contribution in [0.3, 0.4) is 0 Å². The summed E-state index contributed by atoms with van der Waals surface area (Å²) in [5, 5.41) is 0. The Labute approximate surface area is 143 Å². The van der Waals surface area contributed by atoms with E-state index in [-0.39, 0.29) is 18.1 Å². The first kappa shape index (κ1) is 15.8. The van der Waals surface area contributed by atoms with Crippen molar-refractivity contribution in [1.82, 2.24) is 19.9 Å². The van der Waals surface area contributed by atoms with Gasteiger partial charge in [-0.05, 0) is 36.4 Å². The van der Waals surface area contributed by atoms with Crippen LogP contribution in [0, 0.1) is 0 Å². The van der Waals surface area contributed by atoms with E-state index in [4.69, 9.17) is 4.74 Å². The van der Waals surface area contributed by atoms with Gasteiger partial charge in [-0.3, -0.25) is 4.98 Å². The number of fused-ring (bicyclic) bond motifs is 1. The van der Waals surface area contributed by atoms with E-state index in [2.05, 4.69) is 19.9 Å². The van der Waals surface area contributed by atoms with Crippen molar-refractivity contribution in [2.75, 3.05) is 0 Å². The molecule has 2 N–H and O–H groups in total. The highest BCUT2D eigenvalue weighted by Gasteiger charge is 2.06. The number of aromatic amines is 2. The molecule has 4 aromatic rings. The predicted octanol–water partition coefficient (Wildman–Crippen LogP) is 3.53. The molecule has 7 heteroatoms. The van der Waals surface area contributed by atoms with Gasteiger partial charge in [-0.2, -0.15) is 0 Å². The largest absolute Gasteiger partial charge is 0.457 e. The van der Waals surface area contributed by atoms with Crippen molar-refractivity contribution in [1.29, 1.82) is 0 Å². The van der Waals surface area contributed by atoms with Crippen LogP contribution in [-0.2, 0) is 0 Å². The topological polar surface area (TPSA) is 83.7 Å². The highest BCUT2D eigenvalue weighted by atomic mass is 35.5. The number of hydrogen-bond acceptors (Lipinski definition) is 4. The van der Waals surface area contributed by atoms with Gasteiger partial charge < -0.3 is 9.72 Å². The molecule has 0 aliphatic heterocycles. The van der Waals surface area contributed by atoms with Crippen molar-refractivity contribution >= 4 is 23.6 Å². The molecular formula is C17H13ClN4O2. The Morgan fingerprint density at radius 2 is 1.58 bits per heavy atom. The van der Waals surface area contributed by atoms with Gasteiger partial charge in [-0.25, -0.2) is 14.8 Å². The summed E-state index contributed by atoms with van der Waals surface area (Å²) in [6.45, 7) is 0. The van der Waals surface area contributed by atoms with Gasteiger partial charge >= 0.3 is 5.69 Å². The lowest BCUT2D eigenvalue weighted by Gasteiger charge is -2.06. The summed E-state index contributed by atoms with van der Waals surface area (Å²) in [5.41, 5.74) is 1.62. The third-order valence-corrected chi connectivity index (χ3v) is 3.36. The van der Waals surface area contributed by atoms with Gasteiger partial charge in [0.25, 0.3) is 0 Å². The SMILES string of the molecule is Cl.O=c1[nH]c2cnc(-c3ccc(Oc4ccccc4)cc3)nc2[nH]1. The molecular weight excluding hydrogens is 328 g/mol. The molecule has 0 atom stereocenters. The van der Waals surface area contributed by atoms with E-state index >= 15 is 0 Å². The molecule has 0 bridgehead atoms. The van der Waals surface area contributed by atoms with Crippen molar-refractivity contribution in [3.05, 3.63) is 71.3 Å². The van der Waals surface area contributed by atoms with E-state index in [0.717, 1.165) is 17.1 Å². The summed E-state index contributed by atoms with van der Waals surface area (Å²) in [6, 6.07) is 17.0. The molecule has 0 spiro atoms. The smallest absolute Gasteiger partial charge is 0.325 e. The van der Waals surface area contributed by atoms with Crippen LogP contribution in [0.2, 0.25) is 0 Å². The number of aromatic nitrogens is 4. The fourth-order valence-corrected chi connectivity index (χ4v) is 2.27. The Morgan fingerprint density at radius 1 is 0.875 bits per heavy atom. The molecule has 4 rings (SSSR count). The Hall–Kier alpha value is -3.12. The van der Waals surface area contributed by atoms with Gasteiger partial charge in [0.05, 0.1) is 6.20 Å². The highest BCUT2D eigenvalue weighted by Crippen LogP contribution is 2.24. The molecule has 120 valence electrons. The highest BCUT2D eigenvalue weighted by molar-refractivity contribution is 5.85. The number of nitrogens with zero attached hydrogens (tertiary/aromatic N) is 2. The number of hydrogen-bond donors (Lipinski definition) is 2. The lowest BCUT2D eigenvalue weighted by atomic mass is 10.2. The van der Waals surface area contributed by atoms with Crippen LogP contribution < -0.4 is 10.4 Å². The number of para-hydroxylation sites is 1. The normalized spacial score (nSPS) is 10.3. The van der Waals surface area contributed by atoms with E-state index < -0.39 is 0 Å². The van der Waals surface area contributed by atoms with Crippen LogP contribution >= 0.6 is 12.4 Å². The minimum Gasteiger partial charge on any atom is -0.457 e. The van der Waals surface area contributed by atoms with Gasteiger partial charge in [0.15, 0.2) is 11.5 Å². The van der Waals surface area contributed by atoms with Gasteiger partial charge in [-0.15, -0.1) is 12.4 Å². The van der Waals surface area contributed by atoms with E-state index in [1.54, 1.807) is 6.20 Å². The zero-order chi connectivity index (χ0) is 15.6. The predicted molar refractivity (Wildman–Crippen MR) is 93.7 cm³/mol. The molecule has 6 nitrogen and oxygen atoms in total. The average Bonchev–Trinajstić information content (AvgIpc) is 2.95. The third-order valence-electron chi connectivity index (χ3n) is 3.36. The Balaban J connectivity index is 0.00000169. The molecule has 0 saturated heterocycles. The number of ether oxygens (including phenoxy) is 1. The maximum atomic E-state index is 11.3. The molecule has 0 amide bonds. The summed E-state index contributed by atoms with van der Waals surface area (Å²) in [6.07, 6.45) is 1.59. The Kier molecular flexibility index (Phi) is 4.31. The first-order valence-electron chi connectivity index (χ1n) is 7.06. The Bertz CT molecular complexity index is 1010. The molecule has 0 fully saturated rings. The lowest BCUT2D eigenvalue weighted by molar-refractivity contribution is 0.483. The maximum absolute atomic E-state index is 11.3. The number of H-pyrrole nitrogens is 2. The summed E-state index contributed by atoms with van der Waals surface area (Å²) in [7, 11) is 0. The maximum Gasteiger partial charge on any atom is 0.325 e. The molecule has 2 aromatic carbocycles. The van der Waals surface area contributed by atoms with Gasteiger partial charge in [0.1, 0.15) is 17.0 Å². The first-order chi connectivity index (χ1) is 11.3. The number of imidazole rings is 1. The summed E-state index contributed by atoms with van der Waals surface area (Å²) < 4.78 is 5.75. The van der Waals surface area contributed by atoms with Crippen LogP contribution in [0.25, 0.3) is 22.6 Å². The van der Waals surface area contributed by atoms with E-state index in [1.807, 2.05) is 54.6 Å². The van der Waals surface area contributed by atoms with Crippen molar-refractivity contribution in [3.8, 4) is 22.9 Å². The first-order valence-corrected chi connectivity index (χ1v) is 7.06. The number of rotatable bonds is 3. The molecule has 0 unspecified atom stereocenters. The monoisotopic (exact) mass is 340 g/mol. The molecule has 2 heterocycles. The minimum atomic E-state index is -0.293. The zero-order valence-electron chi connectivity index (χ0n) is 12.4. The van der Waals surface area contributed by atoms with Crippen LogP contribution in [0.4, 0.5) is 0 Å². The second-order valence-corrected chi connectivity index (χ2v) is 4.97. The fraction of sp³-hybridized carbons (Fsp3) is 0. The van der Waals surface area contributed by atoms with Crippen molar-refractivity contribution < 1.29 is 4.74 Å². The summed E-state index contributed by atoms with van der Waals surface area (Å²) in [4.78, 5) is 25.1. The average molecular weight is 341 g/mol. The van der Waals surface area contributed by atoms with Crippen LogP contribution in [0.1, 0.15) is 0 Å². The van der Waals surface area contributed by atoms with Crippen molar-refractivity contribution in [2.24, 2.45) is 0 Å². The number of halogens is 1. The van der Waals surface area contributed by atoms with Gasteiger partial charge in [0.2, 0.25) is 0 Å². The zero-order valence-corrected chi connectivity index (χ0v) is 13.2. The van der Waals surface area contributed by atoms with Gasteiger partial charge in [-0.1, -0.05) is 18.2 Å². The molecule has 0 aliphatic carbocycles. The number of nitrogens with one attached hydrogen (secondary N) is 2. The summed E-state index contributed by atoms with van der Waals surface area (Å²) >= 11 is 0.